The molecule has 0 amide bonds. The largest absolute Gasteiger partial charge is 0.0710 e. The maximum Gasteiger partial charge on any atom is 0.0460 e. The van der Waals surface area contributed by atoms with E-state index in [0.29, 0.717) is 0 Å². The summed E-state index contributed by atoms with van der Waals surface area (Å²) in [7, 11) is -0.649. The van der Waals surface area contributed by atoms with E-state index in [0.717, 1.165) is 0 Å². The highest BCUT2D eigenvalue weighted by atomic mass is 28.3. The molecule has 0 aliphatic rings. The lowest BCUT2D eigenvalue weighted by atomic mass is 9.90. The fourth-order valence-electron chi connectivity index (χ4n) is 3.25. The molecule has 117 valence electrons. The summed E-state index contributed by atoms with van der Waals surface area (Å²) in [5.41, 5.74) is 10.0. The van der Waals surface area contributed by atoms with Crippen molar-refractivity contribution in [1.82, 2.24) is 0 Å². The van der Waals surface area contributed by atoms with Crippen LogP contribution in [0.3, 0.4) is 0 Å². The minimum Gasteiger partial charge on any atom is -0.0710 e. The second-order valence-electron chi connectivity index (χ2n) is 7.46. The van der Waals surface area contributed by atoms with E-state index >= 15 is 0 Å². The summed E-state index contributed by atoms with van der Waals surface area (Å²) in [6.45, 7) is 21.9. The Morgan fingerprint density at radius 3 is 0.810 bits per heavy atom. The summed E-state index contributed by atoms with van der Waals surface area (Å²) >= 11 is 0. The van der Waals surface area contributed by atoms with Crippen LogP contribution < -0.4 is 0 Å². The van der Waals surface area contributed by atoms with Crippen LogP contribution in [-0.4, -0.2) is 26.4 Å². The van der Waals surface area contributed by atoms with E-state index in [1.165, 1.54) is 18.1 Å². The van der Waals surface area contributed by atoms with Gasteiger partial charge in [-0.3, -0.25) is 0 Å². The van der Waals surface area contributed by atoms with Crippen molar-refractivity contribution >= 4 is 26.4 Å². The van der Waals surface area contributed by atoms with E-state index < -0.39 is 0 Å². The highest BCUT2D eigenvalue weighted by molar-refractivity contribution is 6.56. The van der Waals surface area contributed by atoms with E-state index in [9.17, 15) is 0 Å². The summed E-state index contributed by atoms with van der Waals surface area (Å²) in [4.78, 5) is 0. The zero-order chi connectivity index (χ0) is 16.3. The molecule has 0 aliphatic carbocycles. The normalized spacial score (nSPS) is 12.0. The van der Waals surface area contributed by atoms with E-state index in [4.69, 9.17) is 0 Å². The molecule has 3 radical (unpaired) electrons. The standard InChI is InChI=1S/C18H33Si3/c1-13-16(10-19(4)5)14(2)18(12-21(8)9)15(3)17(13)11-20(6)7/h10-12H2,1-9H3. The molecule has 0 unspecified atom stereocenters. The third kappa shape index (κ3) is 4.93. The Morgan fingerprint density at radius 2 is 0.667 bits per heavy atom. The van der Waals surface area contributed by atoms with Crippen LogP contribution in [0.25, 0.3) is 0 Å². The van der Waals surface area contributed by atoms with Crippen molar-refractivity contribution in [3.8, 4) is 0 Å². The predicted molar refractivity (Wildman–Crippen MR) is 104 cm³/mol. The third-order valence-corrected chi connectivity index (χ3v) is 7.49. The molecule has 0 heterocycles. The number of hydrogen-bond acceptors (Lipinski definition) is 0. The van der Waals surface area contributed by atoms with Crippen LogP contribution in [0.4, 0.5) is 0 Å². The molecule has 1 aromatic carbocycles. The second-order valence-corrected chi connectivity index (χ2v) is 15.8. The van der Waals surface area contributed by atoms with E-state index in [2.05, 4.69) is 60.1 Å². The molecule has 0 bridgehead atoms. The van der Waals surface area contributed by atoms with Crippen molar-refractivity contribution in [2.24, 2.45) is 0 Å². The molecule has 0 saturated carbocycles. The SMILES string of the molecule is Cc1c(C[Si](C)C)c(C)c(C[Si](C)C)c(C)c1C[Si](C)C. The maximum absolute atomic E-state index is 2.45. The summed E-state index contributed by atoms with van der Waals surface area (Å²) < 4.78 is 0. The van der Waals surface area contributed by atoms with Crippen LogP contribution in [0.15, 0.2) is 0 Å². The third-order valence-electron chi connectivity index (χ3n) is 4.31. The lowest BCUT2D eigenvalue weighted by molar-refractivity contribution is 1.07. The molecule has 0 N–H and O–H groups in total. The molecule has 3 heteroatoms. The quantitative estimate of drug-likeness (QED) is 0.634. The molecule has 0 saturated heterocycles. The maximum atomic E-state index is 2.45. The fourth-order valence-corrected chi connectivity index (χ4v) is 6.96. The van der Waals surface area contributed by atoms with Crippen molar-refractivity contribution in [1.29, 1.82) is 0 Å². The lowest BCUT2D eigenvalue weighted by Gasteiger charge is -2.24. The van der Waals surface area contributed by atoms with Gasteiger partial charge in [0.1, 0.15) is 0 Å². The smallest absolute Gasteiger partial charge is 0.0460 e. The van der Waals surface area contributed by atoms with Gasteiger partial charge in [-0.05, 0) is 72.3 Å². The van der Waals surface area contributed by atoms with Crippen molar-refractivity contribution in [2.75, 3.05) is 0 Å². The minimum atomic E-state index is -0.216. The van der Waals surface area contributed by atoms with Crippen LogP contribution in [0.5, 0.6) is 0 Å². The first-order chi connectivity index (χ1) is 9.65. The van der Waals surface area contributed by atoms with Gasteiger partial charge in [-0.1, -0.05) is 39.3 Å². The van der Waals surface area contributed by atoms with Gasteiger partial charge < -0.3 is 0 Å². The minimum absolute atomic E-state index is 0.216. The predicted octanol–water partition coefficient (Wildman–Crippen LogP) is 5.12. The molecular weight excluding hydrogens is 300 g/mol. The molecule has 0 fully saturated rings. The molecule has 0 spiro atoms. The Hall–Kier alpha value is -0.129. The Morgan fingerprint density at radius 1 is 0.476 bits per heavy atom. The first-order valence-electron chi connectivity index (χ1n) is 8.12. The molecular formula is C18H33Si3. The van der Waals surface area contributed by atoms with Gasteiger partial charge in [-0.25, -0.2) is 0 Å². The monoisotopic (exact) mass is 333 g/mol. The molecule has 0 nitrogen and oxygen atoms in total. The van der Waals surface area contributed by atoms with Gasteiger partial charge in [-0.2, -0.15) is 0 Å². The van der Waals surface area contributed by atoms with E-state index in [1.54, 1.807) is 33.4 Å². The summed E-state index contributed by atoms with van der Waals surface area (Å²) in [6, 6.07) is 4.02. The zero-order valence-corrected chi connectivity index (χ0v) is 18.6. The lowest BCUT2D eigenvalue weighted by Crippen LogP contribution is -2.18. The molecule has 0 atom stereocenters. The van der Waals surface area contributed by atoms with Crippen LogP contribution in [0.2, 0.25) is 39.3 Å². The van der Waals surface area contributed by atoms with Gasteiger partial charge in [0.15, 0.2) is 0 Å². The van der Waals surface area contributed by atoms with Gasteiger partial charge in [0.25, 0.3) is 0 Å². The van der Waals surface area contributed by atoms with Gasteiger partial charge in [0.05, 0.1) is 0 Å². The molecule has 1 rings (SSSR count). The van der Waals surface area contributed by atoms with Crippen molar-refractivity contribution in [2.45, 2.75) is 78.2 Å². The number of rotatable bonds is 6. The fraction of sp³-hybridized carbons (Fsp3) is 0.667. The van der Waals surface area contributed by atoms with Crippen LogP contribution in [0.1, 0.15) is 33.4 Å². The second kappa shape index (κ2) is 7.93. The van der Waals surface area contributed by atoms with Crippen LogP contribution >= 0.6 is 0 Å². The van der Waals surface area contributed by atoms with Crippen molar-refractivity contribution in [3.05, 3.63) is 33.4 Å². The molecule has 21 heavy (non-hydrogen) atoms. The van der Waals surface area contributed by atoms with E-state index in [-0.39, 0.29) is 26.4 Å². The Balaban J connectivity index is 3.49. The number of benzene rings is 1. The van der Waals surface area contributed by atoms with Crippen molar-refractivity contribution in [3.63, 3.8) is 0 Å². The summed E-state index contributed by atoms with van der Waals surface area (Å²) in [6.07, 6.45) is 0. The summed E-state index contributed by atoms with van der Waals surface area (Å²) in [5, 5.41) is 0. The first kappa shape index (κ1) is 18.9. The van der Waals surface area contributed by atoms with Gasteiger partial charge in [-0.15, -0.1) is 0 Å². The van der Waals surface area contributed by atoms with E-state index in [1.807, 2.05) is 0 Å². The Labute approximate surface area is 138 Å². The van der Waals surface area contributed by atoms with Crippen LogP contribution in [0, 0.1) is 20.8 Å². The Bertz CT molecular complexity index is 395. The average molecular weight is 334 g/mol. The molecule has 0 aliphatic heterocycles. The summed E-state index contributed by atoms with van der Waals surface area (Å²) in [5.74, 6) is 0. The van der Waals surface area contributed by atoms with Gasteiger partial charge in [0, 0.05) is 26.4 Å². The zero-order valence-electron chi connectivity index (χ0n) is 15.6. The Kier molecular flexibility index (Phi) is 7.14. The number of hydrogen-bond donors (Lipinski definition) is 0. The van der Waals surface area contributed by atoms with Gasteiger partial charge in [0.2, 0.25) is 0 Å². The van der Waals surface area contributed by atoms with Gasteiger partial charge >= 0.3 is 0 Å². The molecule has 0 aromatic heterocycles. The average Bonchev–Trinajstić information content (AvgIpc) is 2.35. The highest BCUT2D eigenvalue weighted by Crippen LogP contribution is 2.30. The molecule has 1 aromatic rings. The highest BCUT2D eigenvalue weighted by Gasteiger charge is 2.19. The topological polar surface area (TPSA) is 0 Å². The first-order valence-corrected chi connectivity index (χ1v) is 16.2. The van der Waals surface area contributed by atoms with Crippen molar-refractivity contribution < 1.29 is 0 Å². The van der Waals surface area contributed by atoms with Crippen LogP contribution in [-0.2, 0) is 18.1 Å².